The maximum atomic E-state index is 10.7. The maximum absolute atomic E-state index is 10.7. The van der Waals surface area contributed by atoms with Crippen molar-refractivity contribution in [3.63, 3.8) is 0 Å². The van der Waals surface area contributed by atoms with Crippen LogP contribution in [-0.2, 0) is 16.0 Å². The molecular formula is C24H19NO2. The number of carbonyl (C=O) groups is 1. The maximum Gasteiger partial charge on any atom is 0.297 e. The lowest BCUT2D eigenvalue weighted by Gasteiger charge is -2.09. The van der Waals surface area contributed by atoms with Gasteiger partial charge < -0.3 is 4.74 Å². The summed E-state index contributed by atoms with van der Waals surface area (Å²) < 4.78 is 4.96. The summed E-state index contributed by atoms with van der Waals surface area (Å²) in [5.41, 5.74) is 4.04. The predicted molar refractivity (Wildman–Crippen MR) is 109 cm³/mol. The van der Waals surface area contributed by atoms with Crippen LogP contribution in [0.1, 0.15) is 17.7 Å². The Morgan fingerprint density at radius 2 is 1.59 bits per heavy atom. The molecule has 4 rings (SSSR count). The van der Waals surface area contributed by atoms with E-state index in [1.165, 1.54) is 11.6 Å². The second-order valence-electron chi connectivity index (χ2n) is 6.43. The SMILES string of the molecule is O=COC=C(CCc1ccc2ccccc2n1)c1ccc2ccccc2c1. The smallest absolute Gasteiger partial charge is 0.297 e. The highest BCUT2D eigenvalue weighted by Gasteiger charge is 2.06. The number of ether oxygens (including phenoxy) is 1. The average Bonchev–Trinajstić information content (AvgIpc) is 2.73. The molecule has 3 heteroatoms. The van der Waals surface area contributed by atoms with Gasteiger partial charge in [0, 0.05) is 11.1 Å². The molecule has 0 fully saturated rings. The monoisotopic (exact) mass is 353 g/mol. The summed E-state index contributed by atoms with van der Waals surface area (Å²) >= 11 is 0. The van der Waals surface area contributed by atoms with Crippen LogP contribution in [0.3, 0.4) is 0 Å². The summed E-state index contributed by atoms with van der Waals surface area (Å²) in [6, 6.07) is 26.8. The van der Waals surface area contributed by atoms with Crippen molar-refractivity contribution in [3.05, 3.63) is 96.4 Å². The molecule has 1 heterocycles. The quantitative estimate of drug-likeness (QED) is 0.338. The first kappa shape index (κ1) is 17.0. The number of para-hydroxylation sites is 1. The zero-order valence-electron chi connectivity index (χ0n) is 14.8. The normalized spacial score (nSPS) is 11.6. The molecular weight excluding hydrogens is 334 g/mol. The third-order valence-electron chi connectivity index (χ3n) is 4.69. The molecule has 132 valence electrons. The molecule has 27 heavy (non-hydrogen) atoms. The Morgan fingerprint density at radius 1 is 0.852 bits per heavy atom. The molecule has 0 aliphatic carbocycles. The van der Waals surface area contributed by atoms with Gasteiger partial charge in [-0.3, -0.25) is 9.78 Å². The topological polar surface area (TPSA) is 39.2 Å². The number of carbonyl (C=O) groups excluding carboxylic acids is 1. The molecule has 0 aliphatic rings. The van der Waals surface area contributed by atoms with Gasteiger partial charge in [-0.25, -0.2) is 0 Å². The number of rotatable bonds is 6. The van der Waals surface area contributed by atoms with Crippen molar-refractivity contribution < 1.29 is 9.53 Å². The minimum atomic E-state index is 0.454. The van der Waals surface area contributed by atoms with E-state index in [4.69, 9.17) is 9.72 Å². The van der Waals surface area contributed by atoms with E-state index in [1.54, 1.807) is 0 Å². The second-order valence-corrected chi connectivity index (χ2v) is 6.43. The van der Waals surface area contributed by atoms with Crippen LogP contribution in [0.15, 0.2) is 85.1 Å². The number of benzene rings is 3. The lowest BCUT2D eigenvalue weighted by atomic mass is 9.98. The van der Waals surface area contributed by atoms with Crippen LogP contribution in [0.2, 0.25) is 0 Å². The Labute approximate surface area is 157 Å². The van der Waals surface area contributed by atoms with Gasteiger partial charge in [0.15, 0.2) is 0 Å². The summed E-state index contributed by atoms with van der Waals surface area (Å²) in [5.74, 6) is 0. The third kappa shape index (κ3) is 3.87. The molecule has 0 N–H and O–H groups in total. The summed E-state index contributed by atoms with van der Waals surface area (Å²) in [6.45, 7) is 0.454. The predicted octanol–water partition coefficient (Wildman–Crippen LogP) is 5.53. The second kappa shape index (κ2) is 7.83. The van der Waals surface area contributed by atoms with Gasteiger partial charge in [-0.2, -0.15) is 0 Å². The average molecular weight is 353 g/mol. The zero-order chi connectivity index (χ0) is 18.5. The van der Waals surface area contributed by atoms with Crippen LogP contribution < -0.4 is 0 Å². The summed E-state index contributed by atoms with van der Waals surface area (Å²) in [4.78, 5) is 15.4. The lowest BCUT2D eigenvalue weighted by molar-refractivity contribution is -0.123. The Balaban J connectivity index is 1.60. The van der Waals surface area contributed by atoms with Crippen LogP contribution >= 0.6 is 0 Å². The molecule has 0 unspecified atom stereocenters. The van der Waals surface area contributed by atoms with Crippen molar-refractivity contribution >= 4 is 33.7 Å². The molecule has 0 aliphatic heterocycles. The van der Waals surface area contributed by atoms with Crippen molar-refractivity contribution in [2.45, 2.75) is 12.8 Å². The van der Waals surface area contributed by atoms with Gasteiger partial charge in [0.25, 0.3) is 6.47 Å². The fourth-order valence-corrected chi connectivity index (χ4v) is 3.28. The highest BCUT2D eigenvalue weighted by molar-refractivity contribution is 5.86. The number of fused-ring (bicyclic) bond motifs is 2. The number of aromatic nitrogens is 1. The number of allylic oxidation sites excluding steroid dienone is 1. The van der Waals surface area contributed by atoms with E-state index in [-0.39, 0.29) is 0 Å². The number of hydrogen-bond donors (Lipinski definition) is 0. The van der Waals surface area contributed by atoms with E-state index in [0.717, 1.165) is 46.0 Å². The van der Waals surface area contributed by atoms with Crippen LogP contribution in [0, 0.1) is 0 Å². The van der Waals surface area contributed by atoms with E-state index in [2.05, 4.69) is 48.5 Å². The summed E-state index contributed by atoms with van der Waals surface area (Å²) in [7, 11) is 0. The highest BCUT2D eigenvalue weighted by Crippen LogP contribution is 2.25. The van der Waals surface area contributed by atoms with Crippen molar-refractivity contribution in [3.8, 4) is 0 Å². The molecule has 0 spiro atoms. The van der Waals surface area contributed by atoms with Gasteiger partial charge in [0.05, 0.1) is 11.8 Å². The first-order valence-corrected chi connectivity index (χ1v) is 8.95. The molecule has 3 aromatic carbocycles. The Morgan fingerprint density at radius 3 is 2.44 bits per heavy atom. The van der Waals surface area contributed by atoms with E-state index in [9.17, 15) is 4.79 Å². The third-order valence-corrected chi connectivity index (χ3v) is 4.69. The number of nitrogens with zero attached hydrogens (tertiary/aromatic N) is 1. The minimum absolute atomic E-state index is 0.454. The summed E-state index contributed by atoms with van der Waals surface area (Å²) in [6.07, 6.45) is 3.04. The van der Waals surface area contributed by atoms with Gasteiger partial charge >= 0.3 is 0 Å². The van der Waals surface area contributed by atoms with Gasteiger partial charge in [0.1, 0.15) is 0 Å². The van der Waals surface area contributed by atoms with Crippen molar-refractivity contribution in [1.29, 1.82) is 0 Å². The molecule has 0 atom stereocenters. The van der Waals surface area contributed by atoms with Crippen molar-refractivity contribution in [2.24, 2.45) is 0 Å². The van der Waals surface area contributed by atoms with Gasteiger partial charge in [0.2, 0.25) is 0 Å². The Bertz CT molecular complexity index is 1130. The van der Waals surface area contributed by atoms with Crippen molar-refractivity contribution in [1.82, 2.24) is 4.98 Å². The molecule has 0 saturated heterocycles. The molecule has 0 saturated carbocycles. The van der Waals surface area contributed by atoms with Crippen LogP contribution in [-0.4, -0.2) is 11.5 Å². The molecule has 4 aromatic rings. The standard InChI is InChI=1S/C24H19NO2/c26-17-27-16-22(21-10-9-18-5-1-2-7-20(18)15-21)12-14-23-13-11-19-6-3-4-8-24(19)25-23/h1-11,13,15-17H,12,14H2. The van der Waals surface area contributed by atoms with E-state index < -0.39 is 0 Å². The molecule has 3 nitrogen and oxygen atoms in total. The molecule has 0 radical (unpaired) electrons. The van der Waals surface area contributed by atoms with Gasteiger partial charge in [-0.15, -0.1) is 0 Å². The number of aryl methyl sites for hydroxylation is 1. The van der Waals surface area contributed by atoms with Gasteiger partial charge in [-0.1, -0.05) is 60.7 Å². The van der Waals surface area contributed by atoms with Gasteiger partial charge in [-0.05, 0) is 52.9 Å². The minimum Gasteiger partial charge on any atom is -0.436 e. The molecule has 0 amide bonds. The van der Waals surface area contributed by atoms with Crippen LogP contribution in [0.5, 0.6) is 0 Å². The Kier molecular flexibility index (Phi) is 4.93. The van der Waals surface area contributed by atoms with Crippen LogP contribution in [0.4, 0.5) is 0 Å². The largest absolute Gasteiger partial charge is 0.436 e. The number of hydrogen-bond acceptors (Lipinski definition) is 3. The van der Waals surface area contributed by atoms with E-state index >= 15 is 0 Å². The molecule has 0 bridgehead atoms. The van der Waals surface area contributed by atoms with Crippen LogP contribution in [0.25, 0.3) is 27.2 Å². The fourth-order valence-electron chi connectivity index (χ4n) is 3.28. The lowest BCUT2D eigenvalue weighted by Crippen LogP contribution is -1.95. The van der Waals surface area contributed by atoms with E-state index in [0.29, 0.717) is 6.47 Å². The molecule has 1 aromatic heterocycles. The van der Waals surface area contributed by atoms with Crippen molar-refractivity contribution in [2.75, 3.05) is 0 Å². The first-order valence-electron chi connectivity index (χ1n) is 8.95. The first-order chi connectivity index (χ1) is 13.3. The fraction of sp³-hybridized carbons (Fsp3) is 0.0833. The number of pyridine rings is 1. The highest BCUT2D eigenvalue weighted by atomic mass is 16.5. The Hall–Kier alpha value is -3.46. The zero-order valence-corrected chi connectivity index (χ0v) is 14.8. The van der Waals surface area contributed by atoms with E-state index in [1.807, 2.05) is 30.3 Å². The summed E-state index contributed by atoms with van der Waals surface area (Å²) in [5, 5.41) is 3.49.